The summed E-state index contributed by atoms with van der Waals surface area (Å²) in [5.41, 5.74) is 0.0618. The third kappa shape index (κ3) is 3.03. The van der Waals surface area contributed by atoms with E-state index < -0.39 is 5.54 Å². The summed E-state index contributed by atoms with van der Waals surface area (Å²) in [6, 6.07) is 5.58. The zero-order valence-corrected chi connectivity index (χ0v) is 14.0. The van der Waals surface area contributed by atoms with E-state index in [0.717, 1.165) is 5.56 Å². The molecule has 0 radical (unpaired) electrons. The summed E-state index contributed by atoms with van der Waals surface area (Å²) >= 11 is 0. The molecule has 0 aliphatic carbocycles. The van der Waals surface area contributed by atoms with Crippen molar-refractivity contribution in [3.63, 3.8) is 0 Å². The minimum Gasteiger partial charge on any atom is -0.454 e. The summed E-state index contributed by atoms with van der Waals surface area (Å²) in [4.78, 5) is 26.5. The summed E-state index contributed by atoms with van der Waals surface area (Å²) in [5, 5.41) is 2.84. The van der Waals surface area contributed by atoms with Gasteiger partial charge in [0.1, 0.15) is 5.54 Å². The minimum absolute atomic E-state index is 0.0166. The number of benzene rings is 1. The number of hydrogen-bond donors (Lipinski definition) is 1. The highest BCUT2D eigenvalue weighted by atomic mass is 16.7. The Morgan fingerprint density at radius 2 is 2.17 bits per heavy atom. The predicted octanol–water partition coefficient (Wildman–Crippen LogP) is 1.06. The van der Waals surface area contributed by atoms with Gasteiger partial charge in [-0.1, -0.05) is 6.07 Å². The Morgan fingerprint density at radius 1 is 1.38 bits per heavy atom. The highest BCUT2D eigenvalue weighted by molar-refractivity contribution is 5.94. The lowest BCUT2D eigenvalue weighted by Gasteiger charge is -2.34. The lowest BCUT2D eigenvalue weighted by atomic mass is 9.97. The van der Waals surface area contributed by atoms with E-state index in [1.807, 2.05) is 25.1 Å². The van der Waals surface area contributed by atoms with Crippen molar-refractivity contribution in [3.05, 3.63) is 23.8 Å². The van der Waals surface area contributed by atoms with Crippen molar-refractivity contribution in [3.8, 4) is 11.5 Å². The highest BCUT2D eigenvalue weighted by Crippen LogP contribution is 2.36. The van der Waals surface area contributed by atoms with Gasteiger partial charge in [-0.25, -0.2) is 0 Å². The molecule has 1 saturated heterocycles. The maximum Gasteiger partial charge on any atom is 0.245 e. The van der Waals surface area contributed by atoms with Crippen LogP contribution < -0.4 is 14.8 Å². The Labute approximate surface area is 140 Å². The molecule has 130 valence electrons. The molecule has 0 aromatic heterocycles. The third-order valence-electron chi connectivity index (χ3n) is 4.58. The molecule has 7 heteroatoms. The van der Waals surface area contributed by atoms with Crippen molar-refractivity contribution in [2.45, 2.75) is 31.8 Å². The quantitative estimate of drug-likeness (QED) is 0.787. The number of hydrogen-bond acceptors (Lipinski definition) is 5. The molecule has 0 unspecified atom stereocenters. The van der Waals surface area contributed by atoms with Crippen LogP contribution in [-0.4, -0.2) is 49.3 Å². The van der Waals surface area contributed by atoms with E-state index in [2.05, 4.69) is 5.32 Å². The van der Waals surface area contributed by atoms with Crippen molar-refractivity contribution in [2.75, 3.05) is 27.1 Å². The molecule has 2 aliphatic rings. The van der Waals surface area contributed by atoms with Crippen molar-refractivity contribution in [2.24, 2.45) is 0 Å². The Kier molecular flexibility index (Phi) is 4.62. The van der Waals surface area contributed by atoms with Crippen LogP contribution >= 0.6 is 0 Å². The Morgan fingerprint density at radius 3 is 2.96 bits per heavy atom. The monoisotopic (exact) mass is 334 g/mol. The van der Waals surface area contributed by atoms with Gasteiger partial charge in [-0.2, -0.15) is 0 Å². The number of nitrogens with zero attached hydrogens (tertiary/aromatic N) is 1. The maximum absolute atomic E-state index is 12.6. The van der Waals surface area contributed by atoms with Crippen molar-refractivity contribution in [1.29, 1.82) is 0 Å². The first kappa shape index (κ1) is 16.6. The Hall–Kier alpha value is -2.28. The average molecular weight is 334 g/mol. The van der Waals surface area contributed by atoms with Gasteiger partial charge in [0.2, 0.25) is 18.6 Å². The van der Waals surface area contributed by atoms with Crippen LogP contribution in [0.4, 0.5) is 0 Å². The van der Waals surface area contributed by atoms with Gasteiger partial charge in [0.25, 0.3) is 0 Å². The number of fused-ring (bicyclic) bond motifs is 1. The first-order chi connectivity index (χ1) is 11.5. The molecule has 1 N–H and O–H groups in total. The second kappa shape index (κ2) is 6.68. The minimum atomic E-state index is -0.846. The molecule has 1 fully saturated rings. The maximum atomic E-state index is 12.6. The van der Waals surface area contributed by atoms with E-state index in [-0.39, 0.29) is 18.6 Å². The largest absolute Gasteiger partial charge is 0.454 e. The van der Waals surface area contributed by atoms with E-state index in [1.54, 1.807) is 12.0 Å². The zero-order valence-electron chi connectivity index (χ0n) is 14.0. The first-order valence-corrected chi connectivity index (χ1v) is 8.01. The van der Waals surface area contributed by atoms with Gasteiger partial charge in [-0.3, -0.25) is 9.59 Å². The zero-order chi connectivity index (χ0) is 17.2. The predicted molar refractivity (Wildman–Crippen MR) is 85.6 cm³/mol. The normalized spacial score (nSPS) is 22.1. The van der Waals surface area contributed by atoms with E-state index >= 15 is 0 Å². The molecule has 24 heavy (non-hydrogen) atoms. The molecule has 1 aromatic rings. The fraction of sp³-hybridized carbons (Fsp3) is 0.529. The summed E-state index contributed by atoms with van der Waals surface area (Å²) in [7, 11) is 1.58. The Balaban J connectivity index is 1.74. The number of rotatable bonds is 6. The highest BCUT2D eigenvalue weighted by Gasteiger charge is 2.47. The van der Waals surface area contributed by atoms with Gasteiger partial charge in [-0.15, -0.1) is 0 Å². The number of carbonyl (C=O) groups is 2. The molecule has 0 bridgehead atoms. The standard InChI is InChI=1S/C17H22N2O5/c1-17(16(21)18-7-8-22-2)6-5-15(20)19(17)10-12-3-4-13-14(9-12)24-11-23-13/h3-4,9H,5-8,10-11H2,1-2H3,(H,18,21)/t17-/m0/s1. The molecule has 7 nitrogen and oxygen atoms in total. The van der Waals surface area contributed by atoms with Crippen molar-refractivity contribution < 1.29 is 23.8 Å². The summed E-state index contributed by atoms with van der Waals surface area (Å²) in [6.07, 6.45) is 0.883. The molecule has 3 rings (SSSR count). The van der Waals surface area contributed by atoms with Crippen LogP contribution in [0.1, 0.15) is 25.3 Å². The molecule has 1 atom stereocenters. The first-order valence-electron chi connectivity index (χ1n) is 8.01. The molecule has 1 aromatic carbocycles. The van der Waals surface area contributed by atoms with Crippen LogP contribution in [0.3, 0.4) is 0 Å². The topological polar surface area (TPSA) is 77.1 Å². The van der Waals surface area contributed by atoms with Gasteiger partial charge in [0.15, 0.2) is 11.5 Å². The number of amides is 2. The Bertz CT molecular complexity index is 648. The third-order valence-corrected chi connectivity index (χ3v) is 4.58. The molecular formula is C17H22N2O5. The van der Waals surface area contributed by atoms with Crippen LogP contribution in [0.15, 0.2) is 18.2 Å². The smallest absolute Gasteiger partial charge is 0.245 e. The molecule has 0 saturated carbocycles. The van der Waals surface area contributed by atoms with Crippen LogP contribution in [0.5, 0.6) is 11.5 Å². The second-order valence-electron chi connectivity index (χ2n) is 6.19. The van der Waals surface area contributed by atoms with E-state index in [4.69, 9.17) is 14.2 Å². The van der Waals surface area contributed by atoms with Gasteiger partial charge in [-0.05, 0) is 31.0 Å². The van der Waals surface area contributed by atoms with Gasteiger partial charge in [0.05, 0.1) is 6.61 Å². The molecule has 2 aliphatic heterocycles. The number of likely N-dealkylation sites (tertiary alicyclic amines) is 1. The van der Waals surface area contributed by atoms with Gasteiger partial charge < -0.3 is 24.4 Å². The molecule has 2 heterocycles. The average Bonchev–Trinajstić information content (AvgIpc) is 3.15. The van der Waals surface area contributed by atoms with Crippen LogP contribution in [-0.2, 0) is 20.9 Å². The number of ether oxygens (including phenoxy) is 3. The lowest BCUT2D eigenvalue weighted by molar-refractivity contribution is -0.141. The van der Waals surface area contributed by atoms with E-state index in [9.17, 15) is 9.59 Å². The van der Waals surface area contributed by atoms with Crippen molar-refractivity contribution >= 4 is 11.8 Å². The number of carbonyl (C=O) groups excluding carboxylic acids is 2. The van der Waals surface area contributed by atoms with E-state index in [0.29, 0.717) is 44.0 Å². The lowest BCUT2D eigenvalue weighted by Crippen LogP contribution is -2.54. The fourth-order valence-electron chi connectivity index (χ4n) is 3.07. The second-order valence-corrected chi connectivity index (χ2v) is 6.19. The van der Waals surface area contributed by atoms with Crippen molar-refractivity contribution in [1.82, 2.24) is 10.2 Å². The SMILES string of the molecule is COCCNC(=O)[C@]1(C)CCC(=O)N1Cc1ccc2c(c1)OCO2. The van der Waals surface area contributed by atoms with E-state index in [1.165, 1.54) is 0 Å². The van der Waals surface area contributed by atoms with Crippen LogP contribution in [0, 0.1) is 0 Å². The molecule has 2 amide bonds. The van der Waals surface area contributed by atoms with Crippen LogP contribution in [0.25, 0.3) is 0 Å². The van der Waals surface area contributed by atoms with Crippen LogP contribution in [0.2, 0.25) is 0 Å². The van der Waals surface area contributed by atoms with Gasteiger partial charge >= 0.3 is 0 Å². The summed E-state index contributed by atoms with van der Waals surface area (Å²) in [5.74, 6) is 1.21. The summed E-state index contributed by atoms with van der Waals surface area (Å²) in [6.45, 7) is 3.26. The number of nitrogens with one attached hydrogen (secondary N) is 1. The van der Waals surface area contributed by atoms with Gasteiger partial charge in [0, 0.05) is 26.6 Å². The fourth-order valence-corrected chi connectivity index (χ4v) is 3.07. The number of methoxy groups -OCH3 is 1. The molecular weight excluding hydrogens is 312 g/mol. The summed E-state index contributed by atoms with van der Waals surface area (Å²) < 4.78 is 15.6. The molecule has 0 spiro atoms.